The van der Waals surface area contributed by atoms with E-state index in [2.05, 4.69) is 10.3 Å². The van der Waals surface area contributed by atoms with Gasteiger partial charge in [0.15, 0.2) is 0 Å². The van der Waals surface area contributed by atoms with Gasteiger partial charge in [-0.15, -0.1) is 0 Å². The monoisotopic (exact) mass is 259 g/mol. The van der Waals surface area contributed by atoms with E-state index in [0.29, 0.717) is 31.9 Å². The highest BCUT2D eigenvalue weighted by atomic mass is 16.5. The maximum Gasteiger partial charge on any atom is 0.223 e. The number of rotatable bonds is 6. The van der Waals surface area contributed by atoms with Crippen LogP contribution in [0.2, 0.25) is 0 Å². The molecule has 1 amide bonds. The zero-order valence-electron chi connectivity index (χ0n) is 10.6. The Morgan fingerprint density at radius 3 is 3.00 bits per heavy atom. The molecule has 0 fully saturated rings. The number of nitrogens with two attached hydrogens (primary N) is 1. The number of carbonyl (C=O) groups is 1. The molecule has 0 unspecified atom stereocenters. The molecule has 0 saturated heterocycles. The summed E-state index contributed by atoms with van der Waals surface area (Å²) in [5.41, 5.74) is 6.12. The lowest BCUT2D eigenvalue weighted by Crippen LogP contribution is -2.29. The van der Waals surface area contributed by atoms with Crippen LogP contribution in [0.25, 0.3) is 10.9 Å². The molecule has 1 aromatic heterocycles. The zero-order valence-corrected chi connectivity index (χ0v) is 10.6. The Hall–Kier alpha value is -2.14. The highest BCUT2D eigenvalue weighted by Crippen LogP contribution is 2.22. The average Bonchev–Trinajstić information content (AvgIpc) is 2.45. The summed E-state index contributed by atoms with van der Waals surface area (Å²) in [5, 5.41) is 3.72. The van der Waals surface area contributed by atoms with Crippen molar-refractivity contribution in [1.82, 2.24) is 10.3 Å². The van der Waals surface area contributed by atoms with Crippen LogP contribution in [0, 0.1) is 0 Å². The number of benzene rings is 1. The van der Waals surface area contributed by atoms with Crippen LogP contribution >= 0.6 is 0 Å². The Labute approximate surface area is 111 Å². The Kier molecular flexibility index (Phi) is 4.69. The number of pyridine rings is 1. The topological polar surface area (TPSA) is 77.2 Å². The van der Waals surface area contributed by atoms with Crippen molar-refractivity contribution in [2.45, 2.75) is 6.42 Å². The van der Waals surface area contributed by atoms with E-state index in [-0.39, 0.29) is 5.91 Å². The average molecular weight is 259 g/mol. The van der Waals surface area contributed by atoms with E-state index in [0.717, 1.165) is 10.9 Å². The Balaban J connectivity index is 1.93. The predicted octanol–water partition coefficient (Wildman–Crippen LogP) is 1.08. The maximum atomic E-state index is 11.4. The van der Waals surface area contributed by atoms with Gasteiger partial charge in [0, 0.05) is 24.7 Å². The third-order valence-electron chi connectivity index (χ3n) is 2.65. The lowest BCUT2D eigenvalue weighted by Gasteiger charge is -2.08. The minimum Gasteiger partial charge on any atom is -0.491 e. The molecule has 0 aliphatic heterocycles. The number of amides is 1. The fourth-order valence-corrected chi connectivity index (χ4v) is 1.75. The summed E-state index contributed by atoms with van der Waals surface area (Å²) in [6.07, 6.45) is 2.03. The third kappa shape index (κ3) is 3.66. The first-order valence-electron chi connectivity index (χ1n) is 6.24. The molecular formula is C14H17N3O2. The molecule has 0 radical (unpaired) electrons. The number of carbonyl (C=O) groups excluding carboxylic acids is 1. The molecule has 0 spiro atoms. The van der Waals surface area contributed by atoms with Gasteiger partial charge in [-0.2, -0.15) is 0 Å². The minimum absolute atomic E-state index is 0.0568. The molecule has 2 aromatic rings. The smallest absolute Gasteiger partial charge is 0.223 e. The Bertz CT molecular complexity index is 552. The van der Waals surface area contributed by atoms with Crippen LogP contribution in [0.3, 0.4) is 0 Å². The first kappa shape index (κ1) is 13.3. The summed E-state index contributed by atoms with van der Waals surface area (Å²) in [6.45, 7) is 1.26. The molecule has 5 heteroatoms. The van der Waals surface area contributed by atoms with Crippen LogP contribution in [0.15, 0.2) is 36.5 Å². The molecular weight excluding hydrogens is 242 g/mol. The van der Waals surface area contributed by atoms with Gasteiger partial charge in [-0.25, -0.2) is 0 Å². The molecule has 1 aromatic carbocycles. The van der Waals surface area contributed by atoms with E-state index in [9.17, 15) is 4.79 Å². The number of para-hydroxylation sites is 1. The summed E-state index contributed by atoms with van der Waals surface area (Å²) < 4.78 is 5.62. The van der Waals surface area contributed by atoms with Gasteiger partial charge in [0.25, 0.3) is 0 Å². The number of hydrogen-bond donors (Lipinski definition) is 2. The second-order valence-corrected chi connectivity index (χ2v) is 4.07. The Morgan fingerprint density at radius 1 is 1.32 bits per heavy atom. The van der Waals surface area contributed by atoms with Gasteiger partial charge in [0.1, 0.15) is 11.3 Å². The normalized spacial score (nSPS) is 10.4. The maximum absolute atomic E-state index is 11.4. The number of nitrogens with one attached hydrogen (secondary N) is 1. The fraction of sp³-hybridized carbons (Fsp3) is 0.286. The largest absolute Gasteiger partial charge is 0.491 e. The highest BCUT2D eigenvalue weighted by Gasteiger charge is 2.04. The van der Waals surface area contributed by atoms with E-state index in [4.69, 9.17) is 10.5 Å². The number of ether oxygens (including phenoxy) is 1. The first-order chi connectivity index (χ1) is 9.31. The predicted molar refractivity (Wildman–Crippen MR) is 73.9 cm³/mol. The van der Waals surface area contributed by atoms with Gasteiger partial charge >= 0.3 is 0 Å². The van der Waals surface area contributed by atoms with Crippen LogP contribution in [0.4, 0.5) is 0 Å². The summed E-state index contributed by atoms with van der Waals surface area (Å²) in [4.78, 5) is 15.7. The van der Waals surface area contributed by atoms with Crippen LogP contribution in [0.1, 0.15) is 6.42 Å². The third-order valence-corrected chi connectivity index (χ3v) is 2.65. The summed E-state index contributed by atoms with van der Waals surface area (Å²) in [5.74, 6) is 0.642. The minimum atomic E-state index is -0.0568. The summed E-state index contributed by atoms with van der Waals surface area (Å²) >= 11 is 0. The number of hydrogen-bond acceptors (Lipinski definition) is 4. The van der Waals surface area contributed by atoms with Gasteiger partial charge in [-0.3, -0.25) is 9.78 Å². The molecule has 3 N–H and O–H groups in total. The summed E-state index contributed by atoms with van der Waals surface area (Å²) in [7, 11) is 0. The van der Waals surface area contributed by atoms with Crippen molar-refractivity contribution in [3.05, 3.63) is 36.5 Å². The molecule has 5 nitrogen and oxygen atoms in total. The highest BCUT2D eigenvalue weighted by molar-refractivity contribution is 5.84. The molecule has 0 bridgehead atoms. The lowest BCUT2D eigenvalue weighted by atomic mass is 10.2. The van der Waals surface area contributed by atoms with Crippen LogP contribution in [-0.2, 0) is 4.79 Å². The quantitative estimate of drug-likeness (QED) is 0.813. The first-order valence-corrected chi connectivity index (χ1v) is 6.24. The van der Waals surface area contributed by atoms with Gasteiger partial charge in [0.2, 0.25) is 5.91 Å². The fourth-order valence-electron chi connectivity index (χ4n) is 1.75. The van der Waals surface area contributed by atoms with Crippen LogP contribution in [0.5, 0.6) is 5.75 Å². The Morgan fingerprint density at radius 2 is 2.16 bits per heavy atom. The number of aromatic nitrogens is 1. The molecule has 0 atom stereocenters. The van der Waals surface area contributed by atoms with Crippen molar-refractivity contribution >= 4 is 16.8 Å². The number of fused-ring (bicyclic) bond motifs is 1. The standard InChI is InChI=1S/C14H17N3O2/c15-7-9-16-13(18)6-10-19-12-5-1-3-11-4-2-8-17-14(11)12/h1-5,8H,6-7,9-10,15H2,(H,16,18). The SMILES string of the molecule is NCCNC(=O)CCOc1cccc2cccnc12. The van der Waals surface area contributed by atoms with Crippen molar-refractivity contribution in [2.75, 3.05) is 19.7 Å². The van der Waals surface area contributed by atoms with Crippen molar-refractivity contribution in [3.8, 4) is 5.75 Å². The van der Waals surface area contributed by atoms with Crippen molar-refractivity contribution in [2.24, 2.45) is 5.73 Å². The van der Waals surface area contributed by atoms with Crippen molar-refractivity contribution in [1.29, 1.82) is 0 Å². The molecule has 0 aliphatic rings. The van der Waals surface area contributed by atoms with Gasteiger partial charge in [-0.05, 0) is 12.1 Å². The van der Waals surface area contributed by atoms with Crippen molar-refractivity contribution in [3.63, 3.8) is 0 Å². The lowest BCUT2D eigenvalue weighted by molar-refractivity contribution is -0.121. The molecule has 100 valence electrons. The molecule has 2 rings (SSSR count). The van der Waals surface area contributed by atoms with E-state index in [1.54, 1.807) is 6.20 Å². The van der Waals surface area contributed by atoms with E-state index in [1.165, 1.54) is 0 Å². The molecule has 19 heavy (non-hydrogen) atoms. The zero-order chi connectivity index (χ0) is 13.5. The van der Waals surface area contributed by atoms with Crippen LogP contribution < -0.4 is 15.8 Å². The van der Waals surface area contributed by atoms with E-state index < -0.39 is 0 Å². The van der Waals surface area contributed by atoms with E-state index in [1.807, 2.05) is 30.3 Å². The van der Waals surface area contributed by atoms with Gasteiger partial charge < -0.3 is 15.8 Å². The molecule has 0 saturated carbocycles. The molecule has 1 heterocycles. The van der Waals surface area contributed by atoms with Crippen molar-refractivity contribution < 1.29 is 9.53 Å². The van der Waals surface area contributed by atoms with Crippen LogP contribution in [-0.4, -0.2) is 30.6 Å². The second kappa shape index (κ2) is 6.70. The van der Waals surface area contributed by atoms with Gasteiger partial charge in [-0.1, -0.05) is 18.2 Å². The second-order valence-electron chi connectivity index (χ2n) is 4.07. The summed E-state index contributed by atoms with van der Waals surface area (Å²) in [6, 6.07) is 9.60. The molecule has 0 aliphatic carbocycles. The number of nitrogens with zero attached hydrogens (tertiary/aromatic N) is 1. The van der Waals surface area contributed by atoms with E-state index >= 15 is 0 Å². The van der Waals surface area contributed by atoms with Gasteiger partial charge in [0.05, 0.1) is 13.0 Å².